The number of rotatable bonds is 4. The second kappa shape index (κ2) is 5.85. The van der Waals surface area contributed by atoms with Gasteiger partial charge in [-0.3, -0.25) is 0 Å². The fourth-order valence-electron chi connectivity index (χ4n) is 2.93. The van der Waals surface area contributed by atoms with Crippen molar-refractivity contribution in [3.8, 4) is 0 Å². The number of likely N-dealkylation sites (N-methyl/N-ethyl adjacent to an activating group) is 1. The van der Waals surface area contributed by atoms with Gasteiger partial charge >= 0.3 is 0 Å². The van der Waals surface area contributed by atoms with E-state index in [1.165, 1.54) is 23.1 Å². The van der Waals surface area contributed by atoms with E-state index in [-0.39, 0.29) is 0 Å². The summed E-state index contributed by atoms with van der Waals surface area (Å²) >= 11 is 0. The van der Waals surface area contributed by atoms with Crippen LogP contribution in [0, 0.1) is 19.8 Å². The lowest BCUT2D eigenvalue weighted by Crippen LogP contribution is -2.38. The maximum absolute atomic E-state index is 5.69. The Bertz CT molecular complexity index is 402. The lowest BCUT2D eigenvalue weighted by atomic mass is 9.88. The summed E-state index contributed by atoms with van der Waals surface area (Å²) in [6.07, 6.45) is 2.65. The van der Waals surface area contributed by atoms with Crippen LogP contribution in [0.4, 0.5) is 0 Å². The summed E-state index contributed by atoms with van der Waals surface area (Å²) in [6.45, 7) is 7.47. The lowest BCUT2D eigenvalue weighted by Gasteiger charge is -2.25. The van der Waals surface area contributed by atoms with Crippen molar-refractivity contribution in [1.29, 1.82) is 0 Å². The van der Waals surface area contributed by atoms with Crippen molar-refractivity contribution in [2.45, 2.75) is 45.8 Å². The number of benzene rings is 1. The molecule has 0 aliphatic carbocycles. The summed E-state index contributed by atoms with van der Waals surface area (Å²) in [7, 11) is 2.07. The zero-order valence-corrected chi connectivity index (χ0v) is 12.0. The van der Waals surface area contributed by atoms with Gasteiger partial charge in [0, 0.05) is 18.6 Å². The second-order valence-electron chi connectivity index (χ2n) is 5.55. The average molecular weight is 247 g/mol. The third-order valence-corrected chi connectivity index (χ3v) is 4.35. The summed E-state index contributed by atoms with van der Waals surface area (Å²) in [5.74, 6) is 0.636. The number of nitrogens with one attached hydrogen (secondary N) is 1. The third-order valence-electron chi connectivity index (χ3n) is 4.35. The Hall–Kier alpha value is -0.860. The maximum atomic E-state index is 5.69. The molecule has 100 valence electrons. The molecule has 2 rings (SSSR count). The largest absolute Gasteiger partial charge is 0.378 e. The van der Waals surface area contributed by atoms with Crippen LogP contribution in [0.15, 0.2) is 18.2 Å². The molecule has 0 aromatic heterocycles. The van der Waals surface area contributed by atoms with Gasteiger partial charge in [0.25, 0.3) is 0 Å². The van der Waals surface area contributed by atoms with Crippen LogP contribution >= 0.6 is 0 Å². The molecule has 1 fully saturated rings. The Morgan fingerprint density at radius 3 is 2.67 bits per heavy atom. The third kappa shape index (κ3) is 2.93. The lowest BCUT2D eigenvalue weighted by molar-refractivity contribution is 0.0963. The van der Waals surface area contributed by atoms with Crippen LogP contribution in [0.5, 0.6) is 0 Å². The van der Waals surface area contributed by atoms with Crippen LogP contribution in [-0.2, 0) is 11.2 Å². The minimum atomic E-state index is 0.383. The predicted octanol–water partition coefficient (Wildman–Crippen LogP) is 2.86. The molecular formula is C16H25NO. The van der Waals surface area contributed by atoms with Crippen LogP contribution < -0.4 is 5.32 Å². The molecule has 18 heavy (non-hydrogen) atoms. The number of hydrogen-bond donors (Lipinski definition) is 1. The maximum Gasteiger partial charge on any atom is 0.0590 e. The van der Waals surface area contributed by atoms with Crippen molar-refractivity contribution < 1.29 is 4.74 Å². The van der Waals surface area contributed by atoms with E-state index in [1.54, 1.807) is 0 Å². The first-order valence-corrected chi connectivity index (χ1v) is 6.97. The molecule has 1 aromatic rings. The van der Waals surface area contributed by atoms with Gasteiger partial charge in [-0.2, -0.15) is 0 Å². The van der Waals surface area contributed by atoms with E-state index in [4.69, 9.17) is 4.74 Å². The Morgan fingerprint density at radius 2 is 2.11 bits per heavy atom. The Labute approximate surface area is 111 Å². The molecular weight excluding hydrogens is 222 g/mol. The molecule has 1 heterocycles. The van der Waals surface area contributed by atoms with Crippen molar-refractivity contribution in [3.05, 3.63) is 34.9 Å². The monoisotopic (exact) mass is 247 g/mol. The summed E-state index contributed by atoms with van der Waals surface area (Å²) in [5.41, 5.74) is 4.19. The van der Waals surface area contributed by atoms with Crippen LogP contribution in [0.2, 0.25) is 0 Å². The van der Waals surface area contributed by atoms with Crippen molar-refractivity contribution >= 4 is 0 Å². The molecule has 0 bridgehead atoms. The normalized spacial score (nSPS) is 25.3. The molecule has 0 spiro atoms. The van der Waals surface area contributed by atoms with Crippen LogP contribution in [0.25, 0.3) is 0 Å². The van der Waals surface area contributed by atoms with Gasteiger partial charge in [-0.1, -0.05) is 18.2 Å². The van der Waals surface area contributed by atoms with E-state index in [0.717, 1.165) is 13.0 Å². The number of aryl methyl sites for hydroxylation is 2. The molecule has 0 radical (unpaired) electrons. The quantitative estimate of drug-likeness (QED) is 0.883. The highest BCUT2D eigenvalue weighted by Crippen LogP contribution is 2.26. The smallest absolute Gasteiger partial charge is 0.0590 e. The van der Waals surface area contributed by atoms with Gasteiger partial charge in [0.2, 0.25) is 0 Å². The first-order valence-electron chi connectivity index (χ1n) is 6.97. The zero-order chi connectivity index (χ0) is 13.1. The van der Waals surface area contributed by atoms with E-state index in [0.29, 0.717) is 18.1 Å². The van der Waals surface area contributed by atoms with Gasteiger partial charge < -0.3 is 10.1 Å². The molecule has 1 saturated heterocycles. The topological polar surface area (TPSA) is 21.3 Å². The summed E-state index contributed by atoms with van der Waals surface area (Å²) < 4.78 is 5.69. The van der Waals surface area contributed by atoms with Crippen molar-refractivity contribution in [2.75, 3.05) is 13.7 Å². The number of ether oxygens (including phenoxy) is 1. The Kier molecular flexibility index (Phi) is 4.41. The molecule has 2 heteroatoms. The minimum absolute atomic E-state index is 0.383. The summed E-state index contributed by atoms with van der Waals surface area (Å²) in [6, 6.07) is 7.32. The highest BCUT2D eigenvalue weighted by atomic mass is 16.5. The average Bonchev–Trinajstić information content (AvgIpc) is 2.77. The van der Waals surface area contributed by atoms with E-state index < -0.39 is 0 Å². The summed E-state index contributed by atoms with van der Waals surface area (Å²) in [4.78, 5) is 0. The van der Waals surface area contributed by atoms with Crippen LogP contribution in [0.1, 0.15) is 30.0 Å². The highest BCUT2D eigenvalue weighted by molar-refractivity contribution is 5.30. The first-order chi connectivity index (χ1) is 8.61. The molecule has 1 aliphatic heterocycles. The molecule has 1 aliphatic rings. The van der Waals surface area contributed by atoms with Crippen molar-refractivity contribution in [2.24, 2.45) is 5.92 Å². The van der Waals surface area contributed by atoms with Gasteiger partial charge in [-0.25, -0.2) is 0 Å². The molecule has 0 saturated carbocycles. The standard InChI is InChI=1S/C16H25NO/c1-11-5-6-14(9-12(11)2)10-16(17-4)15-7-8-18-13(15)3/h5-6,9,13,15-17H,7-8,10H2,1-4H3. The fourth-order valence-corrected chi connectivity index (χ4v) is 2.93. The van der Waals surface area contributed by atoms with Crippen LogP contribution in [-0.4, -0.2) is 25.8 Å². The van der Waals surface area contributed by atoms with Crippen LogP contribution in [0.3, 0.4) is 0 Å². The predicted molar refractivity (Wildman–Crippen MR) is 76.0 cm³/mol. The van der Waals surface area contributed by atoms with Gasteiger partial charge in [0.15, 0.2) is 0 Å². The van der Waals surface area contributed by atoms with Gasteiger partial charge in [0.1, 0.15) is 0 Å². The minimum Gasteiger partial charge on any atom is -0.378 e. The Morgan fingerprint density at radius 1 is 1.33 bits per heavy atom. The SMILES string of the molecule is CNC(Cc1ccc(C)c(C)c1)C1CCOC1C. The van der Waals surface area contributed by atoms with Gasteiger partial charge in [-0.15, -0.1) is 0 Å². The van der Waals surface area contributed by atoms with Gasteiger partial charge in [-0.05, 0) is 57.4 Å². The fraction of sp³-hybridized carbons (Fsp3) is 0.625. The van der Waals surface area contributed by atoms with E-state index in [1.807, 2.05) is 0 Å². The van der Waals surface area contributed by atoms with E-state index in [9.17, 15) is 0 Å². The number of hydrogen-bond acceptors (Lipinski definition) is 2. The van der Waals surface area contributed by atoms with E-state index in [2.05, 4.69) is 51.3 Å². The van der Waals surface area contributed by atoms with E-state index >= 15 is 0 Å². The molecule has 1 aromatic carbocycles. The first kappa shape index (κ1) is 13.6. The Balaban J connectivity index is 2.07. The van der Waals surface area contributed by atoms with Crippen molar-refractivity contribution in [3.63, 3.8) is 0 Å². The molecule has 3 atom stereocenters. The second-order valence-corrected chi connectivity index (χ2v) is 5.55. The molecule has 1 N–H and O–H groups in total. The zero-order valence-electron chi connectivity index (χ0n) is 12.0. The summed E-state index contributed by atoms with van der Waals surface area (Å²) in [5, 5.41) is 3.48. The molecule has 0 amide bonds. The highest BCUT2D eigenvalue weighted by Gasteiger charge is 2.30. The van der Waals surface area contributed by atoms with Gasteiger partial charge in [0.05, 0.1) is 6.10 Å². The molecule has 2 nitrogen and oxygen atoms in total. The molecule has 3 unspecified atom stereocenters. The van der Waals surface area contributed by atoms with Crippen molar-refractivity contribution in [1.82, 2.24) is 5.32 Å².